The van der Waals surface area contributed by atoms with E-state index in [1.165, 1.54) is 4.90 Å². The van der Waals surface area contributed by atoms with Crippen LogP contribution in [0.1, 0.15) is 19.3 Å². The third-order valence-electron chi connectivity index (χ3n) is 5.81. The Labute approximate surface area is 157 Å². The number of likely N-dealkylation sites (tertiary alicyclic amines) is 1. The SMILES string of the molecule is O=C(CC1CC(N2CCN(c3ncccn3)CC2)CN1)N1CCC(F)(F)C1. The summed E-state index contributed by atoms with van der Waals surface area (Å²) in [7, 11) is 0. The quantitative estimate of drug-likeness (QED) is 0.825. The van der Waals surface area contributed by atoms with Crippen molar-refractivity contribution in [1.82, 2.24) is 25.1 Å². The molecule has 0 radical (unpaired) electrons. The summed E-state index contributed by atoms with van der Waals surface area (Å²) in [5.41, 5.74) is 0. The largest absolute Gasteiger partial charge is 0.338 e. The predicted molar refractivity (Wildman–Crippen MR) is 96.8 cm³/mol. The maximum Gasteiger partial charge on any atom is 0.267 e. The summed E-state index contributed by atoms with van der Waals surface area (Å²) in [4.78, 5) is 26.8. The average molecular weight is 380 g/mol. The first kappa shape index (κ1) is 18.5. The summed E-state index contributed by atoms with van der Waals surface area (Å²) in [5.74, 6) is -2.10. The lowest BCUT2D eigenvalue weighted by molar-refractivity contribution is -0.132. The number of nitrogens with one attached hydrogen (secondary N) is 1. The predicted octanol–water partition coefficient (Wildman–Crippen LogP) is 0.587. The van der Waals surface area contributed by atoms with Crippen molar-refractivity contribution in [1.29, 1.82) is 0 Å². The van der Waals surface area contributed by atoms with Gasteiger partial charge in [-0.15, -0.1) is 0 Å². The van der Waals surface area contributed by atoms with Crippen LogP contribution < -0.4 is 10.2 Å². The Balaban J connectivity index is 1.23. The van der Waals surface area contributed by atoms with Gasteiger partial charge in [0.25, 0.3) is 5.92 Å². The maximum absolute atomic E-state index is 13.3. The number of anilines is 1. The van der Waals surface area contributed by atoms with E-state index in [4.69, 9.17) is 0 Å². The fourth-order valence-corrected chi connectivity index (χ4v) is 4.26. The van der Waals surface area contributed by atoms with Crippen LogP contribution in [0, 0.1) is 0 Å². The third-order valence-corrected chi connectivity index (χ3v) is 5.81. The van der Waals surface area contributed by atoms with Gasteiger partial charge in [0, 0.05) is 76.6 Å². The van der Waals surface area contributed by atoms with Crippen LogP contribution in [0.3, 0.4) is 0 Å². The second-order valence-electron chi connectivity index (χ2n) is 7.69. The normalized spacial score (nSPS) is 28.7. The van der Waals surface area contributed by atoms with E-state index >= 15 is 0 Å². The lowest BCUT2D eigenvalue weighted by Crippen LogP contribution is -2.51. The number of piperazine rings is 1. The highest BCUT2D eigenvalue weighted by Gasteiger charge is 2.41. The molecular formula is C18H26F2N6O. The highest BCUT2D eigenvalue weighted by atomic mass is 19.3. The number of halogens is 2. The van der Waals surface area contributed by atoms with E-state index in [1.807, 2.05) is 6.07 Å². The van der Waals surface area contributed by atoms with Crippen molar-refractivity contribution in [2.45, 2.75) is 37.3 Å². The molecule has 1 amide bonds. The summed E-state index contributed by atoms with van der Waals surface area (Å²) in [6.45, 7) is 4.22. The van der Waals surface area contributed by atoms with Crippen molar-refractivity contribution in [2.75, 3.05) is 50.7 Å². The second-order valence-corrected chi connectivity index (χ2v) is 7.69. The Morgan fingerprint density at radius 3 is 2.59 bits per heavy atom. The Hall–Kier alpha value is -1.87. The molecule has 1 N–H and O–H groups in total. The van der Waals surface area contributed by atoms with Gasteiger partial charge in [-0.3, -0.25) is 9.69 Å². The molecule has 27 heavy (non-hydrogen) atoms. The number of hydrogen-bond acceptors (Lipinski definition) is 6. The van der Waals surface area contributed by atoms with E-state index in [-0.39, 0.29) is 24.9 Å². The van der Waals surface area contributed by atoms with Crippen molar-refractivity contribution in [3.8, 4) is 0 Å². The molecule has 2 unspecified atom stereocenters. The van der Waals surface area contributed by atoms with Gasteiger partial charge in [0.15, 0.2) is 0 Å². The Bertz CT molecular complexity index is 653. The Kier molecular flexibility index (Phi) is 5.23. The highest BCUT2D eigenvalue weighted by Crippen LogP contribution is 2.28. The smallest absolute Gasteiger partial charge is 0.267 e. The van der Waals surface area contributed by atoms with Gasteiger partial charge in [-0.25, -0.2) is 18.7 Å². The molecular weight excluding hydrogens is 354 g/mol. The highest BCUT2D eigenvalue weighted by molar-refractivity contribution is 5.77. The van der Waals surface area contributed by atoms with Gasteiger partial charge >= 0.3 is 0 Å². The summed E-state index contributed by atoms with van der Waals surface area (Å²) in [5, 5.41) is 3.41. The van der Waals surface area contributed by atoms with Gasteiger partial charge < -0.3 is 15.1 Å². The monoisotopic (exact) mass is 380 g/mol. The molecule has 9 heteroatoms. The van der Waals surface area contributed by atoms with Crippen LogP contribution in [0.2, 0.25) is 0 Å². The molecule has 3 aliphatic rings. The molecule has 1 aromatic heterocycles. The zero-order valence-corrected chi connectivity index (χ0v) is 15.4. The molecule has 0 aromatic carbocycles. The molecule has 0 spiro atoms. The second kappa shape index (κ2) is 7.63. The standard InChI is InChI=1S/C18H26F2N6O/c19-18(20)2-5-26(13-18)16(27)11-14-10-15(12-23-14)24-6-8-25(9-7-24)17-21-3-1-4-22-17/h1,3-4,14-15,23H,2,5-13H2. The molecule has 0 aliphatic carbocycles. The van der Waals surface area contributed by atoms with E-state index < -0.39 is 12.5 Å². The molecule has 2 atom stereocenters. The van der Waals surface area contributed by atoms with Gasteiger partial charge in [0.05, 0.1) is 6.54 Å². The van der Waals surface area contributed by atoms with E-state index in [2.05, 4.69) is 25.1 Å². The zero-order chi connectivity index (χ0) is 18.9. The van der Waals surface area contributed by atoms with Gasteiger partial charge in [0.2, 0.25) is 11.9 Å². The van der Waals surface area contributed by atoms with E-state index in [0.717, 1.165) is 45.1 Å². The first-order valence-electron chi connectivity index (χ1n) is 9.65. The number of carbonyl (C=O) groups excluding carboxylic acids is 1. The summed E-state index contributed by atoms with van der Waals surface area (Å²) in [6.07, 6.45) is 4.50. The molecule has 1 aromatic rings. The van der Waals surface area contributed by atoms with Crippen LogP contribution in [0.15, 0.2) is 18.5 Å². The molecule has 4 heterocycles. The fraction of sp³-hybridized carbons (Fsp3) is 0.722. The van der Waals surface area contributed by atoms with E-state index in [1.54, 1.807) is 12.4 Å². The first-order valence-corrected chi connectivity index (χ1v) is 9.65. The molecule has 4 rings (SSSR count). The number of amides is 1. The maximum atomic E-state index is 13.3. The number of nitrogens with zero attached hydrogens (tertiary/aromatic N) is 5. The number of hydrogen-bond donors (Lipinski definition) is 1. The van der Waals surface area contributed by atoms with Crippen molar-refractivity contribution in [3.63, 3.8) is 0 Å². The van der Waals surface area contributed by atoms with Crippen LogP contribution in [-0.2, 0) is 4.79 Å². The lowest BCUT2D eigenvalue weighted by Gasteiger charge is -2.37. The number of alkyl halides is 2. The molecule has 3 fully saturated rings. The van der Waals surface area contributed by atoms with Crippen LogP contribution in [0.25, 0.3) is 0 Å². The zero-order valence-electron chi connectivity index (χ0n) is 15.4. The summed E-state index contributed by atoms with van der Waals surface area (Å²) >= 11 is 0. The van der Waals surface area contributed by atoms with Crippen LogP contribution >= 0.6 is 0 Å². The van der Waals surface area contributed by atoms with Crippen molar-refractivity contribution in [2.24, 2.45) is 0 Å². The summed E-state index contributed by atoms with van der Waals surface area (Å²) < 4.78 is 26.6. The number of carbonyl (C=O) groups is 1. The van der Waals surface area contributed by atoms with Crippen LogP contribution in [0.5, 0.6) is 0 Å². The van der Waals surface area contributed by atoms with E-state index in [0.29, 0.717) is 12.5 Å². The molecule has 3 saturated heterocycles. The molecule has 0 saturated carbocycles. The minimum absolute atomic E-state index is 0.0761. The fourth-order valence-electron chi connectivity index (χ4n) is 4.26. The van der Waals surface area contributed by atoms with Crippen molar-refractivity contribution >= 4 is 11.9 Å². The Morgan fingerprint density at radius 2 is 1.93 bits per heavy atom. The van der Waals surface area contributed by atoms with Gasteiger partial charge in [-0.05, 0) is 12.5 Å². The third kappa shape index (κ3) is 4.35. The molecule has 148 valence electrons. The minimum Gasteiger partial charge on any atom is -0.338 e. The average Bonchev–Trinajstić information content (AvgIpc) is 3.29. The van der Waals surface area contributed by atoms with Crippen molar-refractivity contribution < 1.29 is 13.6 Å². The lowest BCUT2D eigenvalue weighted by atomic mass is 10.1. The minimum atomic E-state index is -2.72. The van der Waals surface area contributed by atoms with Gasteiger partial charge in [-0.2, -0.15) is 0 Å². The van der Waals surface area contributed by atoms with Crippen molar-refractivity contribution in [3.05, 3.63) is 18.5 Å². The van der Waals surface area contributed by atoms with Gasteiger partial charge in [0.1, 0.15) is 0 Å². The topological polar surface area (TPSA) is 64.6 Å². The van der Waals surface area contributed by atoms with Gasteiger partial charge in [-0.1, -0.05) is 0 Å². The molecule has 0 bridgehead atoms. The first-order chi connectivity index (χ1) is 13.0. The number of aromatic nitrogens is 2. The summed E-state index contributed by atoms with van der Waals surface area (Å²) in [6, 6.07) is 2.28. The molecule has 7 nitrogen and oxygen atoms in total. The van der Waals surface area contributed by atoms with E-state index in [9.17, 15) is 13.6 Å². The number of rotatable bonds is 4. The van der Waals surface area contributed by atoms with Crippen LogP contribution in [0.4, 0.5) is 14.7 Å². The van der Waals surface area contributed by atoms with Crippen LogP contribution in [-0.4, -0.2) is 89.5 Å². The Morgan fingerprint density at radius 1 is 1.19 bits per heavy atom. The molecule has 3 aliphatic heterocycles.